The fourth-order valence-electron chi connectivity index (χ4n) is 2.70. The Bertz CT molecular complexity index is 1080. The van der Waals surface area contributed by atoms with E-state index in [-0.39, 0.29) is 10.6 Å². The number of nitro benzene ring substituents is 1. The second-order valence-corrected chi connectivity index (χ2v) is 6.88. The summed E-state index contributed by atoms with van der Waals surface area (Å²) in [6.45, 7) is 1.92. The average Bonchev–Trinajstić information content (AvgIpc) is 2.74. The Morgan fingerprint density at radius 2 is 1.70 bits per heavy atom. The number of nitrogens with zero attached hydrogens (tertiary/aromatic N) is 1. The number of benzene rings is 3. The summed E-state index contributed by atoms with van der Waals surface area (Å²) in [6.07, 6.45) is -1.25. The van der Waals surface area contributed by atoms with Gasteiger partial charge in [-0.1, -0.05) is 59.6 Å². The van der Waals surface area contributed by atoms with Crippen molar-refractivity contribution >= 4 is 34.9 Å². The van der Waals surface area contributed by atoms with Crippen molar-refractivity contribution in [1.29, 1.82) is 0 Å². The van der Waals surface area contributed by atoms with Crippen LogP contribution in [0.5, 0.6) is 0 Å². The molecular formula is C22H17ClN2O5. The van der Waals surface area contributed by atoms with E-state index in [0.717, 1.165) is 11.6 Å². The lowest BCUT2D eigenvalue weighted by Crippen LogP contribution is -2.26. The van der Waals surface area contributed by atoms with E-state index in [1.165, 1.54) is 12.1 Å². The highest BCUT2D eigenvalue weighted by atomic mass is 35.5. The molecular weight excluding hydrogens is 408 g/mol. The summed E-state index contributed by atoms with van der Waals surface area (Å²) in [5, 5.41) is 13.7. The van der Waals surface area contributed by atoms with Crippen molar-refractivity contribution < 1.29 is 19.2 Å². The number of esters is 1. The molecule has 3 rings (SSSR count). The number of carbonyl (C=O) groups excluding carboxylic acids is 2. The molecule has 1 atom stereocenters. The summed E-state index contributed by atoms with van der Waals surface area (Å²) in [5.41, 5.74) is 1.52. The summed E-state index contributed by atoms with van der Waals surface area (Å²) in [6, 6.07) is 19.2. The van der Waals surface area contributed by atoms with Gasteiger partial charge >= 0.3 is 5.97 Å². The summed E-state index contributed by atoms with van der Waals surface area (Å²) >= 11 is 5.79. The van der Waals surface area contributed by atoms with E-state index in [2.05, 4.69) is 5.32 Å². The van der Waals surface area contributed by atoms with Crippen molar-refractivity contribution in [3.8, 4) is 0 Å². The van der Waals surface area contributed by atoms with Crippen molar-refractivity contribution in [2.45, 2.75) is 13.0 Å². The highest BCUT2D eigenvalue weighted by molar-refractivity contribution is 6.32. The fourth-order valence-corrected chi connectivity index (χ4v) is 2.89. The minimum absolute atomic E-state index is 0.0878. The molecule has 3 aromatic rings. The maximum Gasteiger partial charge on any atom is 0.339 e. The number of nitro groups is 1. The number of halogens is 1. The second kappa shape index (κ2) is 9.19. The first-order valence-corrected chi connectivity index (χ1v) is 9.30. The number of hydrogen-bond donors (Lipinski definition) is 1. The Balaban J connectivity index is 1.87. The molecule has 0 aromatic heterocycles. The van der Waals surface area contributed by atoms with Gasteiger partial charge in [0.15, 0.2) is 0 Å². The molecule has 0 aliphatic rings. The number of carbonyl (C=O) groups is 2. The van der Waals surface area contributed by atoms with Crippen LogP contribution < -0.4 is 5.32 Å². The number of anilines is 1. The zero-order valence-corrected chi connectivity index (χ0v) is 16.6. The highest BCUT2D eigenvalue weighted by Gasteiger charge is 2.27. The summed E-state index contributed by atoms with van der Waals surface area (Å²) < 4.78 is 5.44. The number of hydrogen-bond acceptors (Lipinski definition) is 5. The molecule has 7 nitrogen and oxygen atoms in total. The van der Waals surface area contributed by atoms with Gasteiger partial charge in [-0.05, 0) is 31.2 Å². The molecule has 3 aromatic carbocycles. The second-order valence-electron chi connectivity index (χ2n) is 6.47. The predicted molar refractivity (Wildman–Crippen MR) is 113 cm³/mol. The molecule has 0 radical (unpaired) electrons. The molecule has 0 aliphatic heterocycles. The molecule has 0 saturated carbocycles. The third-order valence-corrected chi connectivity index (χ3v) is 4.58. The molecule has 1 unspecified atom stereocenters. The average molecular weight is 425 g/mol. The summed E-state index contributed by atoms with van der Waals surface area (Å²) in [7, 11) is 0. The third kappa shape index (κ3) is 5.01. The lowest BCUT2D eigenvalue weighted by molar-refractivity contribution is -0.384. The van der Waals surface area contributed by atoms with E-state index in [0.29, 0.717) is 11.3 Å². The van der Waals surface area contributed by atoms with Gasteiger partial charge in [0.1, 0.15) is 5.02 Å². The molecule has 0 aliphatic carbocycles. The molecule has 8 heteroatoms. The van der Waals surface area contributed by atoms with E-state index < -0.39 is 28.6 Å². The molecule has 30 heavy (non-hydrogen) atoms. The van der Waals surface area contributed by atoms with E-state index >= 15 is 0 Å². The van der Waals surface area contributed by atoms with Gasteiger partial charge in [-0.15, -0.1) is 0 Å². The van der Waals surface area contributed by atoms with Crippen LogP contribution >= 0.6 is 11.6 Å². The Kier molecular flexibility index (Phi) is 6.44. The molecule has 0 saturated heterocycles. The van der Waals surface area contributed by atoms with Gasteiger partial charge in [-0.25, -0.2) is 4.79 Å². The van der Waals surface area contributed by atoms with Gasteiger partial charge in [0, 0.05) is 17.3 Å². The quantitative estimate of drug-likeness (QED) is 0.337. The van der Waals surface area contributed by atoms with Gasteiger partial charge in [0.25, 0.3) is 11.6 Å². The van der Waals surface area contributed by atoms with E-state index in [4.69, 9.17) is 16.3 Å². The number of nitrogens with one attached hydrogen (secondary N) is 1. The van der Waals surface area contributed by atoms with Crippen molar-refractivity contribution in [3.63, 3.8) is 0 Å². The van der Waals surface area contributed by atoms with Crippen molar-refractivity contribution in [3.05, 3.63) is 105 Å². The van der Waals surface area contributed by atoms with Crippen LogP contribution in [0.1, 0.15) is 27.6 Å². The van der Waals surface area contributed by atoms with Gasteiger partial charge in [0.2, 0.25) is 6.10 Å². The molecule has 0 bridgehead atoms. The van der Waals surface area contributed by atoms with Gasteiger partial charge in [-0.2, -0.15) is 0 Å². The van der Waals surface area contributed by atoms with E-state index in [9.17, 15) is 19.7 Å². The lowest BCUT2D eigenvalue weighted by Gasteiger charge is -2.18. The Morgan fingerprint density at radius 1 is 1.03 bits per heavy atom. The first-order chi connectivity index (χ1) is 14.3. The Hall–Kier alpha value is -3.71. The minimum Gasteiger partial charge on any atom is -0.444 e. The standard InChI is InChI=1S/C22H17ClN2O5/c1-14-7-10-17(11-8-14)24-21(26)20(15-5-3-2-4-6-15)30-22(27)16-9-12-18(23)19(13-16)25(28)29/h2-13,20H,1H3,(H,24,26). The van der Waals surface area contributed by atoms with Crippen molar-refractivity contribution in [2.75, 3.05) is 5.32 Å². The zero-order valence-electron chi connectivity index (χ0n) is 15.9. The fraction of sp³-hybridized carbons (Fsp3) is 0.0909. The highest BCUT2D eigenvalue weighted by Crippen LogP contribution is 2.27. The Labute approximate surface area is 177 Å². The maximum absolute atomic E-state index is 12.9. The topological polar surface area (TPSA) is 98.5 Å². The van der Waals surface area contributed by atoms with Crippen LogP contribution in [0.25, 0.3) is 0 Å². The van der Waals surface area contributed by atoms with Crippen molar-refractivity contribution in [2.24, 2.45) is 0 Å². The summed E-state index contributed by atoms with van der Waals surface area (Å²) in [5.74, 6) is -1.44. The number of amides is 1. The molecule has 0 heterocycles. The van der Waals surface area contributed by atoms with Gasteiger partial charge in [0.05, 0.1) is 10.5 Å². The number of ether oxygens (including phenoxy) is 1. The number of aryl methyl sites for hydroxylation is 1. The smallest absolute Gasteiger partial charge is 0.339 e. The minimum atomic E-state index is -1.25. The van der Waals surface area contributed by atoms with Crippen LogP contribution in [0.4, 0.5) is 11.4 Å². The number of rotatable bonds is 6. The molecule has 1 amide bonds. The monoisotopic (exact) mass is 424 g/mol. The van der Waals surface area contributed by atoms with Crippen LogP contribution in [-0.4, -0.2) is 16.8 Å². The lowest BCUT2D eigenvalue weighted by atomic mass is 10.1. The van der Waals surface area contributed by atoms with Crippen LogP contribution in [0.3, 0.4) is 0 Å². The summed E-state index contributed by atoms with van der Waals surface area (Å²) in [4.78, 5) is 35.9. The SMILES string of the molecule is Cc1ccc(NC(=O)C(OC(=O)c2ccc(Cl)c([N+](=O)[O-])c2)c2ccccc2)cc1. The van der Waals surface area contributed by atoms with Crippen LogP contribution in [-0.2, 0) is 9.53 Å². The zero-order chi connectivity index (χ0) is 21.7. The third-order valence-electron chi connectivity index (χ3n) is 4.26. The molecule has 0 fully saturated rings. The van der Waals surface area contributed by atoms with E-state index in [1.54, 1.807) is 42.5 Å². The van der Waals surface area contributed by atoms with Gasteiger partial charge in [-0.3, -0.25) is 14.9 Å². The van der Waals surface area contributed by atoms with Crippen molar-refractivity contribution in [1.82, 2.24) is 0 Å². The predicted octanol–water partition coefficient (Wildman–Crippen LogP) is 5.09. The van der Waals surface area contributed by atoms with E-state index in [1.807, 2.05) is 19.1 Å². The van der Waals surface area contributed by atoms with Gasteiger partial charge < -0.3 is 10.1 Å². The van der Waals surface area contributed by atoms with Crippen LogP contribution in [0.15, 0.2) is 72.8 Å². The largest absolute Gasteiger partial charge is 0.444 e. The molecule has 1 N–H and O–H groups in total. The maximum atomic E-state index is 12.9. The van der Waals surface area contributed by atoms with Crippen LogP contribution in [0.2, 0.25) is 5.02 Å². The molecule has 152 valence electrons. The molecule has 0 spiro atoms. The first kappa shape index (κ1) is 21.0. The van der Waals surface area contributed by atoms with Crippen LogP contribution in [0, 0.1) is 17.0 Å². The normalized spacial score (nSPS) is 11.4. The first-order valence-electron chi connectivity index (χ1n) is 8.92. The Morgan fingerprint density at radius 3 is 2.33 bits per heavy atom.